The fraction of sp³-hybridized carbons (Fsp3) is 0.476. The lowest BCUT2D eigenvalue weighted by Gasteiger charge is -2.33. The summed E-state index contributed by atoms with van der Waals surface area (Å²) in [4.78, 5) is 25.8. The number of amides is 1. The van der Waals surface area contributed by atoms with Crippen molar-refractivity contribution in [3.8, 4) is 11.6 Å². The van der Waals surface area contributed by atoms with E-state index in [9.17, 15) is 4.79 Å². The molecule has 6 nitrogen and oxygen atoms in total. The number of piperidine rings is 1. The van der Waals surface area contributed by atoms with Gasteiger partial charge in [0.25, 0.3) is 5.91 Å². The molecule has 1 aromatic heterocycles. The van der Waals surface area contributed by atoms with Crippen LogP contribution in [-0.4, -0.2) is 57.9 Å². The lowest BCUT2D eigenvalue weighted by atomic mass is 10.1. The van der Waals surface area contributed by atoms with Gasteiger partial charge in [-0.15, -0.1) is 0 Å². The third kappa shape index (κ3) is 4.45. The number of hydrogen-bond acceptors (Lipinski definition) is 5. The molecule has 2 aliphatic heterocycles. The minimum absolute atomic E-state index is 0.0964. The van der Waals surface area contributed by atoms with Crippen LogP contribution in [0, 0.1) is 0 Å². The monoisotopic (exact) mass is 366 g/mol. The first-order valence-corrected chi connectivity index (χ1v) is 9.87. The van der Waals surface area contributed by atoms with Crippen LogP contribution in [0.5, 0.6) is 11.6 Å². The number of ether oxygens (including phenoxy) is 1. The van der Waals surface area contributed by atoms with E-state index in [4.69, 9.17) is 4.74 Å². The van der Waals surface area contributed by atoms with Gasteiger partial charge in [0.15, 0.2) is 0 Å². The van der Waals surface area contributed by atoms with Gasteiger partial charge in [-0.1, -0.05) is 12.5 Å². The minimum atomic E-state index is 0.0964. The number of nitrogens with zero attached hydrogens (tertiary/aromatic N) is 4. The quantitative estimate of drug-likeness (QED) is 0.812. The first-order chi connectivity index (χ1) is 13.3. The van der Waals surface area contributed by atoms with E-state index in [1.165, 1.54) is 32.4 Å². The van der Waals surface area contributed by atoms with E-state index in [-0.39, 0.29) is 5.91 Å². The maximum atomic E-state index is 13.1. The first-order valence-electron chi connectivity index (χ1n) is 9.87. The molecule has 1 amide bonds. The van der Waals surface area contributed by atoms with E-state index in [0.717, 1.165) is 25.9 Å². The molecule has 2 saturated heterocycles. The van der Waals surface area contributed by atoms with Crippen LogP contribution in [0.4, 0.5) is 0 Å². The summed E-state index contributed by atoms with van der Waals surface area (Å²) in [6, 6.07) is 7.67. The number of carbonyl (C=O) groups is 1. The molecule has 6 heteroatoms. The van der Waals surface area contributed by atoms with E-state index in [1.807, 2.05) is 18.2 Å². The molecule has 0 spiro atoms. The summed E-state index contributed by atoms with van der Waals surface area (Å²) in [6.45, 7) is 4.17. The molecular weight excluding hydrogens is 340 g/mol. The molecule has 4 rings (SSSR count). The molecule has 0 saturated carbocycles. The molecule has 2 aliphatic rings. The lowest BCUT2D eigenvalue weighted by Crippen LogP contribution is -2.44. The van der Waals surface area contributed by atoms with Gasteiger partial charge in [0, 0.05) is 37.1 Å². The zero-order valence-corrected chi connectivity index (χ0v) is 15.6. The number of hydrogen-bond donors (Lipinski definition) is 0. The van der Waals surface area contributed by atoms with Crippen LogP contribution in [0.1, 0.15) is 42.5 Å². The SMILES string of the molecule is O=C(c1cccc(Oc2cnccn2)c1)N1CCCC1CN1CCCCC1. The van der Waals surface area contributed by atoms with Crippen molar-refractivity contribution in [3.63, 3.8) is 0 Å². The van der Waals surface area contributed by atoms with Crippen molar-refractivity contribution in [3.05, 3.63) is 48.4 Å². The molecular formula is C21H26N4O2. The maximum Gasteiger partial charge on any atom is 0.254 e. The van der Waals surface area contributed by atoms with Gasteiger partial charge >= 0.3 is 0 Å². The van der Waals surface area contributed by atoms with Gasteiger partial charge < -0.3 is 14.5 Å². The van der Waals surface area contributed by atoms with Crippen LogP contribution < -0.4 is 4.74 Å². The Hall–Kier alpha value is -2.47. The number of likely N-dealkylation sites (tertiary alicyclic amines) is 2. The lowest BCUT2D eigenvalue weighted by molar-refractivity contribution is 0.0690. The van der Waals surface area contributed by atoms with Crippen LogP contribution in [0.15, 0.2) is 42.9 Å². The predicted octanol–water partition coefficient (Wildman–Crippen LogP) is 3.36. The molecule has 0 aliphatic carbocycles. The Balaban J connectivity index is 1.44. The largest absolute Gasteiger partial charge is 0.437 e. The van der Waals surface area contributed by atoms with Crippen molar-refractivity contribution in [1.29, 1.82) is 0 Å². The predicted molar refractivity (Wildman–Crippen MR) is 103 cm³/mol. The summed E-state index contributed by atoms with van der Waals surface area (Å²) in [6.07, 6.45) is 10.8. The fourth-order valence-corrected chi connectivity index (χ4v) is 4.05. The van der Waals surface area contributed by atoms with Crippen LogP contribution in [0.3, 0.4) is 0 Å². The molecule has 142 valence electrons. The summed E-state index contributed by atoms with van der Waals surface area (Å²) in [5, 5.41) is 0. The normalized spacial score (nSPS) is 20.6. The summed E-state index contributed by atoms with van der Waals surface area (Å²) >= 11 is 0. The second-order valence-corrected chi connectivity index (χ2v) is 7.33. The zero-order valence-electron chi connectivity index (χ0n) is 15.6. The van der Waals surface area contributed by atoms with Crippen molar-refractivity contribution in [2.75, 3.05) is 26.2 Å². The minimum Gasteiger partial charge on any atom is -0.437 e. The number of rotatable bonds is 5. The molecule has 1 atom stereocenters. The highest BCUT2D eigenvalue weighted by Crippen LogP contribution is 2.25. The summed E-state index contributed by atoms with van der Waals surface area (Å²) in [7, 11) is 0. The van der Waals surface area contributed by atoms with Crippen molar-refractivity contribution in [2.24, 2.45) is 0 Å². The van der Waals surface area contributed by atoms with E-state index in [1.54, 1.807) is 24.7 Å². The Labute approximate surface area is 160 Å². The topological polar surface area (TPSA) is 58.6 Å². The van der Waals surface area contributed by atoms with E-state index in [2.05, 4.69) is 19.8 Å². The van der Waals surface area contributed by atoms with Crippen molar-refractivity contribution in [1.82, 2.24) is 19.8 Å². The molecule has 1 unspecified atom stereocenters. The second kappa shape index (κ2) is 8.48. The Morgan fingerprint density at radius 1 is 1.11 bits per heavy atom. The van der Waals surface area contributed by atoms with Gasteiger partial charge in [0.1, 0.15) is 5.75 Å². The smallest absolute Gasteiger partial charge is 0.254 e. The van der Waals surface area contributed by atoms with Crippen molar-refractivity contribution >= 4 is 5.91 Å². The third-order valence-electron chi connectivity index (χ3n) is 5.40. The van der Waals surface area contributed by atoms with Crippen LogP contribution in [-0.2, 0) is 0 Å². The highest BCUT2D eigenvalue weighted by Gasteiger charge is 2.31. The molecule has 0 bridgehead atoms. The van der Waals surface area contributed by atoms with Crippen molar-refractivity contribution in [2.45, 2.75) is 38.1 Å². The Morgan fingerprint density at radius 3 is 2.81 bits per heavy atom. The standard InChI is InChI=1S/C21H26N4O2/c26-21(25-13-5-7-18(25)16-24-11-2-1-3-12-24)17-6-4-8-19(14-17)27-20-15-22-9-10-23-20/h4,6,8-10,14-15,18H,1-3,5,7,11-13,16H2. The van der Waals surface area contributed by atoms with Gasteiger partial charge in [-0.25, -0.2) is 4.98 Å². The van der Waals surface area contributed by atoms with Gasteiger partial charge in [0.05, 0.1) is 6.20 Å². The Kier molecular flexibility index (Phi) is 5.63. The fourth-order valence-electron chi connectivity index (χ4n) is 4.05. The van der Waals surface area contributed by atoms with Crippen LogP contribution in [0.2, 0.25) is 0 Å². The second-order valence-electron chi connectivity index (χ2n) is 7.33. The molecule has 2 fully saturated rings. The molecule has 0 N–H and O–H groups in total. The van der Waals surface area contributed by atoms with Gasteiger partial charge in [-0.05, 0) is 57.0 Å². The van der Waals surface area contributed by atoms with Gasteiger partial charge in [-0.2, -0.15) is 0 Å². The van der Waals surface area contributed by atoms with E-state index in [0.29, 0.717) is 23.2 Å². The Morgan fingerprint density at radius 2 is 2.00 bits per heavy atom. The van der Waals surface area contributed by atoms with Gasteiger partial charge in [0.2, 0.25) is 5.88 Å². The van der Waals surface area contributed by atoms with Crippen LogP contribution >= 0.6 is 0 Å². The highest BCUT2D eigenvalue weighted by atomic mass is 16.5. The third-order valence-corrected chi connectivity index (χ3v) is 5.40. The molecule has 1 aromatic carbocycles. The summed E-state index contributed by atoms with van der Waals surface area (Å²) in [5.74, 6) is 1.12. The molecule has 27 heavy (non-hydrogen) atoms. The Bertz CT molecular complexity index is 762. The van der Waals surface area contributed by atoms with Crippen molar-refractivity contribution < 1.29 is 9.53 Å². The number of aromatic nitrogens is 2. The zero-order chi connectivity index (χ0) is 18.5. The average molecular weight is 366 g/mol. The average Bonchev–Trinajstić information content (AvgIpc) is 3.17. The molecule has 3 heterocycles. The molecule has 2 aromatic rings. The summed E-state index contributed by atoms with van der Waals surface area (Å²) in [5.41, 5.74) is 0.668. The number of benzene rings is 1. The summed E-state index contributed by atoms with van der Waals surface area (Å²) < 4.78 is 5.73. The first kappa shape index (κ1) is 17.9. The molecule has 0 radical (unpaired) electrons. The van der Waals surface area contributed by atoms with E-state index < -0.39 is 0 Å². The maximum absolute atomic E-state index is 13.1. The highest BCUT2D eigenvalue weighted by molar-refractivity contribution is 5.95. The van der Waals surface area contributed by atoms with Crippen LogP contribution in [0.25, 0.3) is 0 Å². The van der Waals surface area contributed by atoms with E-state index >= 15 is 0 Å². The van der Waals surface area contributed by atoms with Gasteiger partial charge in [-0.3, -0.25) is 9.78 Å². The number of carbonyl (C=O) groups excluding carboxylic acids is 1.